The fourth-order valence-electron chi connectivity index (χ4n) is 6.96. The molecule has 1 aliphatic rings. The van der Waals surface area contributed by atoms with Crippen LogP contribution in [0.2, 0.25) is 0 Å². The van der Waals surface area contributed by atoms with Gasteiger partial charge in [0, 0.05) is 30.8 Å². The molecule has 13 nitrogen and oxygen atoms in total. The normalized spacial score (nSPS) is 17.9. The summed E-state index contributed by atoms with van der Waals surface area (Å²) in [5.41, 5.74) is 0.910. The summed E-state index contributed by atoms with van der Waals surface area (Å²) in [5, 5.41) is 27.4. The average Bonchev–Trinajstić information content (AvgIpc) is 3.65. The molecule has 0 radical (unpaired) electrons. The van der Waals surface area contributed by atoms with Gasteiger partial charge in [-0.25, -0.2) is 4.98 Å². The van der Waals surface area contributed by atoms with Crippen LogP contribution >= 0.6 is 23.1 Å². The van der Waals surface area contributed by atoms with Gasteiger partial charge >= 0.3 is 11.9 Å². The number of hydrogen-bond acceptors (Lipinski definition) is 11. The van der Waals surface area contributed by atoms with Crippen molar-refractivity contribution in [2.45, 2.75) is 130 Å². The van der Waals surface area contributed by atoms with Crippen LogP contribution in [0.4, 0.5) is 0 Å². The molecule has 1 aromatic carbocycles. The molecule has 3 amide bonds. The van der Waals surface area contributed by atoms with Crippen molar-refractivity contribution in [2.24, 2.45) is 17.8 Å². The van der Waals surface area contributed by atoms with E-state index in [1.165, 1.54) is 30.4 Å². The second kappa shape index (κ2) is 22.9. The fraction of sp³-hybridized carbons (Fsp3) is 0.659. The number of phenols is 1. The van der Waals surface area contributed by atoms with Gasteiger partial charge in [0.25, 0.3) is 5.91 Å². The molecule has 0 spiro atoms. The van der Waals surface area contributed by atoms with Crippen LogP contribution in [0.15, 0.2) is 29.6 Å². The minimum absolute atomic E-state index is 0.0726. The smallest absolute Gasteiger partial charge is 0.306 e. The summed E-state index contributed by atoms with van der Waals surface area (Å²) in [6, 6.07) is 4.52. The molecule has 2 aromatic rings. The topological polar surface area (TPSA) is 178 Å². The Balaban J connectivity index is 1.91. The maximum atomic E-state index is 14.7. The number of hydrogen-bond donors (Lipinski definition) is 4. The van der Waals surface area contributed by atoms with Gasteiger partial charge in [-0.15, -0.1) is 23.1 Å². The number of esters is 1. The lowest BCUT2D eigenvalue weighted by Gasteiger charge is -2.40. The molecule has 1 saturated heterocycles. The number of amides is 3. The van der Waals surface area contributed by atoms with Gasteiger partial charge in [0.15, 0.2) is 6.10 Å². The molecular formula is C41H63N5O8S2. The molecule has 1 aromatic heterocycles. The number of aromatic nitrogens is 1. The molecule has 2 heterocycles. The van der Waals surface area contributed by atoms with Gasteiger partial charge in [0.1, 0.15) is 22.5 Å². The van der Waals surface area contributed by atoms with Gasteiger partial charge in [0.05, 0.1) is 17.8 Å². The number of thiazole rings is 1. The van der Waals surface area contributed by atoms with Crippen LogP contribution < -0.4 is 10.6 Å². The number of carbonyl (C=O) groups is 5. The lowest BCUT2D eigenvalue weighted by atomic mass is 9.92. The van der Waals surface area contributed by atoms with Crippen molar-refractivity contribution in [3.8, 4) is 5.75 Å². The minimum Gasteiger partial charge on any atom is -0.508 e. The van der Waals surface area contributed by atoms with Crippen LogP contribution in [0.25, 0.3) is 0 Å². The number of ether oxygens (including phenoxy) is 1. The van der Waals surface area contributed by atoms with Crippen molar-refractivity contribution in [1.82, 2.24) is 25.4 Å². The molecule has 56 heavy (non-hydrogen) atoms. The lowest BCUT2D eigenvalue weighted by molar-refractivity contribution is -0.149. The first-order valence-corrected chi connectivity index (χ1v) is 21.9. The van der Waals surface area contributed by atoms with E-state index >= 15 is 0 Å². The Labute approximate surface area is 340 Å². The SMILES string of the molecule is CCCSCN(C(=O)C(NC(=O)[C@H]1CCCCN1C)C(C)CC)[C@H](C[C@@H](OC(C)=O)c1nc(C(=O)N[C@@H](Cc2ccc(O)cc2)C[C@H](C)C(=O)O)cs1)C(C)C. The number of likely N-dealkylation sites (N-methyl/N-ethyl adjacent to an activating group) is 1. The van der Waals surface area contributed by atoms with Crippen molar-refractivity contribution >= 4 is 52.8 Å². The average molecular weight is 818 g/mol. The number of carbonyl (C=O) groups excluding carboxylic acids is 4. The molecule has 2 unspecified atom stereocenters. The van der Waals surface area contributed by atoms with Gasteiger partial charge < -0.3 is 30.5 Å². The van der Waals surface area contributed by atoms with E-state index in [0.29, 0.717) is 23.7 Å². The number of rotatable bonds is 22. The van der Waals surface area contributed by atoms with E-state index in [9.17, 15) is 34.2 Å². The van der Waals surface area contributed by atoms with Gasteiger partial charge in [-0.05, 0) is 81.0 Å². The number of nitrogens with zero attached hydrogens (tertiary/aromatic N) is 3. The number of thioether (sulfide) groups is 1. The molecule has 312 valence electrons. The molecule has 0 aliphatic carbocycles. The largest absolute Gasteiger partial charge is 0.508 e. The summed E-state index contributed by atoms with van der Waals surface area (Å²) in [7, 11) is 1.95. The zero-order valence-corrected chi connectivity index (χ0v) is 35.9. The number of benzene rings is 1. The van der Waals surface area contributed by atoms with E-state index in [4.69, 9.17) is 4.74 Å². The summed E-state index contributed by atoms with van der Waals surface area (Å²) in [4.78, 5) is 74.8. The number of piperidine rings is 1. The summed E-state index contributed by atoms with van der Waals surface area (Å²) >= 11 is 2.81. The van der Waals surface area contributed by atoms with Crippen molar-refractivity contribution in [3.05, 3.63) is 45.9 Å². The molecule has 1 fully saturated rings. The van der Waals surface area contributed by atoms with E-state index in [1.54, 1.807) is 36.2 Å². The second-order valence-electron chi connectivity index (χ2n) is 15.4. The van der Waals surface area contributed by atoms with Crippen molar-refractivity contribution < 1.29 is 38.9 Å². The number of phenolic OH excluding ortho intramolecular Hbond substituents is 1. The number of carboxylic acids is 1. The third-order valence-corrected chi connectivity index (χ3v) is 12.6. The molecule has 0 bridgehead atoms. The quantitative estimate of drug-likeness (QED) is 0.0599. The van der Waals surface area contributed by atoms with E-state index in [2.05, 4.69) is 27.4 Å². The predicted molar refractivity (Wildman–Crippen MR) is 220 cm³/mol. The Morgan fingerprint density at radius 2 is 1.75 bits per heavy atom. The summed E-state index contributed by atoms with van der Waals surface area (Å²) < 4.78 is 5.87. The molecule has 3 rings (SSSR count). The zero-order valence-electron chi connectivity index (χ0n) is 34.3. The molecule has 4 N–H and O–H groups in total. The lowest BCUT2D eigenvalue weighted by Crippen LogP contribution is -2.58. The number of nitrogens with one attached hydrogen (secondary N) is 2. The van der Waals surface area contributed by atoms with E-state index in [-0.39, 0.29) is 54.0 Å². The maximum absolute atomic E-state index is 14.7. The van der Waals surface area contributed by atoms with Gasteiger partial charge in [0.2, 0.25) is 11.8 Å². The molecule has 0 saturated carbocycles. The highest BCUT2D eigenvalue weighted by atomic mass is 32.2. The van der Waals surface area contributed by atoms with E-state index < -0.39 is 48.0 Å². The predicted octanol–water partition coefficient (Wildman–Crippen LogP) is 6.26. The summed E-state index contributed by atoms with van der Waals surface area (Å²) in [6.07, 6.45) is 4.20. The van der Waals surface area contributed by atoms with Crippen LogP contribution in [0.3, 0.4) is 0 Å². The zero-order chi connectivity index (χ0) is 41.5. The number of aliphatic carboxylic acids is 1. The Morgan fingerprint density at radius 1 is 1.05 bits per heavy atom. The van der Waals surface area contributed by atoms with Crippen LogP contribution in [0.5, 0.6) is 5.75 Å². The minimum atomic E-state index is -0.981. The number of likely N-dealkylation sites (tertiary alicyclic amines) is 1. The standard InChI is InChI=1S/C41H63N5O8S2/c1-9-19-55-24-46(40(51)36(26(5)10-2)44-38(50)33-13-11-12-18-45(33)8)34(25(3)4)22-35(54-28(7)47)39-43-32(23-56-39)37(49)42-30(20-27(6)41(52)53)21-29-14-16-31(48)17-15-29/h14-17,23,25-27,30,33-36,48H,9-13,18-22,24H2,1-8H3,(H,42,49)(H,44,50)(H,52,53)/t26?,27-,30+,33+,34+,35+,36?/m0/s1. The highest BCUT2D eigenvalue weighted by Gasteiger charge is 2.39. The summed E-state index contributed by atoms with van der Waals surface area (Å²) in [6.45, 7) is 13.8. The first-order chi connectivity index (χ1) is 26.6. The molecule has 15 heteroatoms. The van der Waals surface area contributed by atoms with Crippen LogP contribution in [-0.4, -0.2) is 104 Å². The third-order valence-electron chi connectivity index (χ3n) is 10.5. The van der Waals surface area contributed by atoms with Gasteiger partial charge in [-0.1, -0.05) is 66.5 Å². The fourth-order valence-corrected chi connectivity index (χ4v) is 8.73. The van der Waals surface area contributed by atoms with E-state index in [1.807, 2.05) is 39.6 Å². The first-order valence-electron chi connectivity index (χ1n) is 19.9. The summed E-state index contributed by atoms with van der Waals surface area (Å²) in [5.74, 6) is -1.94. The molecule has 1 aliphatic heterocycles. The monoisotopic (exact) mass is 817 g/mol. The van der Waals surface area contributed by atoms with Crippen LogP contribution in [0.1, 0.15) is 121 Å². The highest BCUT2D eigenvalue weighted by Crippen LogP contribution is 2.32. The van der Waals surface area contributed by atoms with Gasteiger partial charge in [-0.3, -0.25) is 28.9 Å². The van der Waals surface area contributed by atoms with Gasteiger partial charge in [-0.2, -0.15) is 0 Å². The molecular weight excluding hydrogens is 755 g/mol. The van der Waals surface area contributed by atoms with E-state index in [0.717, 1.165) is 43.5 Å². The van der Waals surface area contributed by atoms with Crippen LogP contribution in [0, 0.1) is 17.8 Å². The first kappa shape index (κ1) is 46.7. The van der Waals surface area contributed by atoms with Crippen molar-refractivity contribution in [2.75, 3.05) is 25.2 Å². The molecule has 7 atom stereocenters. The Hall–Kier alpha value is -3.69. The van der Waals surface area contributed by atoms with Crippen molar-refractivity contribution in [3.63, 3.8) is 0 Å². The van der Waals surface area contributed by atoms with Crippen molar-refractivity contribution in [1.29, 1.82) is 0 Å². The Bertz CT molecular complexity index is 1590. The second-order valence-corrected chi connectivity index (χ2v) is 17.4. The third kappa shape index (κ3) is 14.0. The Morgan fingerprint density at radius 3 is 2.34 bits per heavy atom. The number of aromatic hydroxyl groups is 1. The maximum Gasteiger partial charge on any atom is 0.306 e. The highest BCUT2D eigenvalue weighted by molar-refractivity contribution is 7.99. The Kier molecular flexibility index (Phi) is 19.1. The van der Waals surface area contributed by atoms with Crippen LogP contribution in [-0.2, 0) is 30.3 Å². The number of carboxylic acid groups (broad SMARTS) is 1.